The van der Waals surface area contributed by atoms with E-state index in [-0.39, 0.29) is 23.7 Å². The van der Waals surface area contributed by atoms with Crippen molar-refractivity contribution in [2.45, 2.75) is 45.2 Å². The average Bonchev–Trinajstić information content (AvgIpc) is 3.04. The third-order valence-electron chi connectivity index (χ3n) is 4.53. The number of rotatable bonds is 5. The summed E-state index contributed by atoms with van der Waals surface area (Å²) < 4.78 is 18.6. The van der Waals surface area contributed by atoms with Crippen molar-refractivity contribution in [2.75, 3.05) is 0 Å². The Morgan fingerprint density at radius 1 is 1.42 bits per heavy atom. The highest BCUT2D eigenvalue weighted by Crippen LogP contribution is 2.24. The van der Waals surface area contributed by atoms with Gasteiger partial charge >= 0.3 is 0 Å². The summed E-state index contributed by atoms with van der Waals surface area (Å²) in [4.78, 5) is 15.9. The van der Waals surface area contributed by atoms with Crippen molar-refractivity contribution in [3.63, 3.8) is 0 Å². The molecular formula is C17H21FN4O2. The SMILES string of the molecule is Cc1cc(-c2noc(CNC3CCCCC3C(N)=O)n2)ccc1F. The molecule has 0 aliphatic heterocycles. The summed E-state index contributed by atoms with van der Waals surface area (Å²) >= 11 is 0. The maximum absolute atomic E-state index is 13.3. The van der Waals surface area contributed by atoms with E-state index in [0.717, 1.165) is 25.7 Å². The lowest BCUT2D eigenvalue weighted by atomic mass is 9.84. The second kappa shape index (κ2) is 7.09. The number of aromatic nitrogens is 2. The number of nitrogens with two attached hydrogens (primary N) is 1. The zero-order chi connectivity index (χ0) is 17.1. The maximum atomic E-state index is 13.3. The fraction of sp³-hybridized carbons (Fsp3) is 0.471. The molecule has 1 fully saturated rings. The van der Waals surface area contributed by atoms with Crippen LogP contribution < -0.4 is 11.1 Å². The minimum Gasteiger partial charge on any atom is -0.369 e. The van der Waals surface area contributed by atoms with Crippen LogP contribution in [-0.2, 0) is 11.3 Å². The van der Waals surface area contributed by atoms with Crippen molar-refractivity contribution >= 4 is 5.91 Å². The number of nitrogens with zero attached hydrogens (tertiary/aromatic N) is 2. The number of hydrogen-bond acceptors (Lipinski definition) is 5. The Labute approximate surface area is 139 Å². The molecule has 128 valence electrons. The fourth-order valence-electron chi connectivity index (χ4n) is 3.16. The van der Waals surface area contributed by atoms with Crippen LogP contribution in [-0.4, -0.2) is 22.1 Å². The number of amides is 1. The number of nitrogens with one attached hydrogen (secondary N) is 1. The monoisotopic (exact) mass is 332 g/mol. The van der Waals surface area contributed by atoms with Crippen LogP contribution in [0.5, 0.6) is 0 Å². The normalized spacial score (nSPS) is 20.9. The zero-order valence-corrected chi connectivity index (χ0v) is 13.6. The van der Waals surface area contributed by atoms with Crippen molar-refractivity contribution in [1.82, 2.24) is 15.5 Å². The molecule has 7 heteroatoms. The van der Waals surface area contributed by atoms with Gasteiger partial charge in [0.05, 0.1) is 12.5 Å². The van der Waals surface area contributed by atoms with Crippen LogP contribution in [0.25, 0.3) is 11.4 Å². The molecule has 3 N–H and O–H groups in total. The molecule has 24 heavy (non-hydrogen) atoms. The summed E-state index contributed by atoms with van der Waals surface area (Å²) in [6, 6.07) is 4.73. The largest absolute Gasteiger partial charge is 0.369 e. The summed E-state index contributed by atoms with van der Waals surface area (Å²) in [6.45, 7) is 2.07. The average molecular weight is 332 g/mol. The van der Waals surface area contributed by atoms with Gasteiger partial charge in [0.25, 0.3) is 0 Å². The van der Waals surface area contributed by atoms with Crippen LogP contribution >= 0.6 is 0 Å². The molecule has 0 bridgehead atoms. The van der Waals surface area contributed by atoms with Crippen molar-refractivity contribution in [3.8, 4) is 11.4 Å². The molecule has 1 aromatic heterocycles. The molecular weight excluding hydrogens is 311 g/mol. The van der Waals surface area contributed by atoms with Crippen LogP contribution in [0.4, 0.5) is 4.39 Å². The molecule has 0 spiro atoms. The predicted octanol–water partition coefficient (Wildman–Crippen LogP) is 2.32. The molecule has 2 aromatic rings. The van der Waals surface area contributed by atoms with E-state index in [4.69, 9.17) is 10.3 Å². The molecule has 0 saturated heterocycles. The van der Waals surface area contributed by atoms with E-state index < -0.39 is 0 Å². The summed E-state index contributed by atoms with van der Waals surface area (Å²) in [5, 5.41) is 7.23. The molecule has 1 aliphatic rings. The Balaban J connectivity index is 1.65. The second-order valence-corrected chi connectivity index (χ2v) is 6.26. The van der Waals surface area contributed by atoms with Gasteiger partial charge in [0.15, 0.2) is 0 Å². The van der Waals surface area contributed by atoms with Crippen molar-refractivity contribution in [1.29, 1.82) is 0 Å². The van der Waals surface area contributed by atoms with Gasteiger partial charge in [-0.05, 0) is 43.5 Å². The Morgan fingerprint density at radius 3 is 2.96 bits per heavy atom. The summed E-state index contributed by atoms with van der Waals surface area (Å²) in [5.41, 5.74) is 6.71. The van der Waals surface area contributed by atoms with E-state index in [2.05, 4.69) is 15.5 Å². The van der Waals surface area contributed by atoms with Gasteiger partial charge in [-0.3, -0.25) is 4.79 Å². The Kier molecular flexibility index (Phi) is 4.89. The van der Waals surface area contributed by atoms with Crippen molar-refractivity contribution in [2.24, 2.45) is 11.7 Å². The molecule has 2 unspecified atom stereocenters. The van der Waals surface area contributed by atoms with E-state index >= 15 is 0 Å². The minimum absolute atomic E-state index is 0.0414. The first kappa shape index (κ1) is 16.6. The van der Waals surface area contributed by atoms with Gasteiger partial charge in [0.2, 0.25) is 17.6 Å². The lowest BCUT2D eigenvalue weighted by Crippen LogP contribution is -2.44. The second-order valence-electron chi connectivity index (χ2n) is 6.26. The van der Waals surface area contributed by atoms with E-state index in [1.165, 1.54) is 6.07 Å². The molecule has 1 heterocycles. The molecule has 1 saturated carbocycles. The molecule has 1 aromatic carbocycles. The van der Waals surface area contributed by atoms with E-state index in [1.54, 1.807) is 19.1 Å². The van der Waals surface area contributed by atoms with Gasteiger partial charge in [-0.1, -0.05) is 18.0 Å². The predicted molar refractivity (Wildman–Crippen MR) is 86.2 cm³/mol. The van der Waals surface area contributed by atoms with Gasteiger partial charge in [-0.25, -0.2) is 4.39 Å². The Morgan fingerprint density at radius 2 is 2.21 bits per heavy atom. The Hall–Kier alpha value is -2.28. The van der Waals surface area contributed by atoms with Crippen LogP contribution in [0.3, 0.4) is 0 Å². The first-order valence-corrected chi connectivity index (χ1v) is 8.16. The molecule has 3 rings (SSSR count). The number of halogens is 1. The van der Waals surface area contributed by atoms with Gasteiger partial charge in [-0.2, -0.15) is 4.98 Å². The topological polar surface area (TPSA) is 94.0 Å². The maximum Gasteiger partial charge on any atom is 0.240 e. The standard InChI is InChI=1S/C17H21FN4O2/c1-10-8-11(6-7-13(10)18)17-21-15(24-22-17)9-20-14-5-3-2-4-12(14)16(19)23/h6-8,12,14,20H,2-5,9H2,1H3,(H2,19,23). The van der Waals surface area contributed by atoms with E-state index in [1.807, 2.05) is 0 Å². The van der Waals surface area contributed by atoms with Crippen LogP contribution in [0.1, 0.15) is 37.1 Å². The van der Waals surface area contributed by atoms with E-state index in [9.17, 15) is 9.18 Å². The van der Waals surface area contributed by atoms with Crippen molar-refractivity contribution in [3.05, 3.63) is 35.5 Å². The molecule has 1 aliphatic carbocycles. The van der Waals surface area contributed by atoms with Gasteiger partial charge in [-0.15, -0.1) is 0 Å². The highest BCUT2D eigenvalue weighted by molar-refractivity contribution is 5.77. The highest BCUT2D eigenvalue weighted by atomic mass is 19.1. The lowest BCUT2D eigenvalue weighted by molar-refractivity contribution is -0.123. The third kappa shape index (κ3) is 3.62. The highest BCUT2D eigenvalue weighted by Gasteiger charge is 2.29. The van der Waals surface area contributed by atoms with Crippen LogP contribution in [0.15, 0.2) is 22.7 Å². The zero-order valence-electron chi connectivity index (χ0n) is 13.6. The number of aryl methyl sites for hydroxylation is 1. The molecule has 1 amide bonds. The molecule has 0 radical (unpaired) electrons. The first-order chi connectivity index (χ1) is 11.5. The molecule has 2 atom stereocenters. The summed E-state index contributed by atoms with van der Waals surface area (Å²) in [7, 11) is 0. The number of carbonyl (C=O) groups excluding carboxylic acids is 1. The fourth-order valence-corrected chi connectivity index (χ4v) is 3.16. The quantitative estimate of drug-likeness (QED) is 0.876. The summed E-state index contributed by atoms with van der Waals surface area (Å²) in [6.07, 6.45) is 3.83. The third-order valence-corrected chi connectivity index (χ3v) is 4.53. The number of benzene rings is 1. The molecule has 6 nitrogen and oxygen atoms in total. The van der Waals surface area contributed by atoms with Gasteiger partial charge in [0, 0.05) is 11.6 Å². The van der Waals surface area contributed by atoms with E-state index in [0.29, 0.717) is 29.4 Å². The van der Waals surface area contributed by atoms with Crippen molar-refractivity contribution < 1.29 is 13.7 Å². The number of primary amides is 1. The smallest absolute Gasteiger partial charge is 0.240 e. The van der Waals surface area contributed by atoms with Gasteiger partial charge < -0.3 is 15.6 Å². The van der Waals surface area contributed by atoms with Crippen LogP contribution in [0, 0.1) is 18.7 Å². The minimum atomic E-state index is -0.265. The first-order valence-electron chi connectivity index (χ1n) is 8.16. The summed E-state index contributed by atoms with van der Waals surface area (Å²) in [5.74, 6) is 0.172. The van der Waals surface area contributed by atoms with Crippen LogP contribution in [0.2, 0.25) is 0 Å². The number of carbonyl (C=O) groups is 1. The lowest BCUT2D eigenvalue weighted by Gasteiger charge is -2.29. The Bertz CT molecular complexity index is 731. The number of hydrogen-bond donors (Lipinski definition) is 2. The van der Waals surface area contributed by atoms with Gasteiger partial charge in [0.1, 0.15) is 5.82 Å².